The SMILES string of the molecule is COc1ccc(OCC(=O)NN=C(C)c2ccncc2)cc1. The van der Waals surface area contributed by atoms with Gasteiger partial charge in [-0.3, -0.25) is 9.78 Å². The molecule has 6 heteroatoms. The van der Waals surface area contributed by atoms with Crippen LogP contribution in [0.1, 0.15) is 12.5 Å². The quantitative estimate of drug-likeness (QED) is 0.654. The molecular weight excluding hydrogens is 282 g/mol. The van der Waals surface area contributed by atoms with Gasteiger partial charge in [-0.1, -0.05) is 0 Å². The summed E-state index contributed by atoms with van der Waals surface area (Å²) in [5.74, 6) is 0.990. The number of nitrogens with one attached hydrogen (secondary N) is 1. The van der Waals surface area contributed by atoms with E-state index in [9.17, 15) is 4.79 Å². The van der Waals surface area contributed by atoms with Crippen molar-refractivity contribution in [3.63, 3.8) is 0 Å². The minimum Gasteiger partial charge on any atom is -0.497 e. The Labute approximate surface area is 128 Å². The predicted molar refractivity (Wildman–Crippen MR) is 83.1 cm³/mol. The molecule has 1 aromatic heterocycles. The molecule has 0 aliphatic heterocycles. The Hall–Kier alpha value is -2.89. The van der Waals surface area contributed by atoms with Crippen LogP contribution in [-0.4, -0.2) is 30.3 Å². The minimum absolute atomic E-state index is 0.112. The Morgan fingerprint density at radius 1 is 1.14 bits per heavy atom. The number of amides is 1. The van der Waals surface area contributed by atoms with E-state index in [-0.39, 0.29) is 12.5 Å². The summed E-state index contributed by atoms with van der Waals surface area (Å²) >= 11 is 0. The summed E-state index contributed by atoms with van der Waals surface area (Å²) in [4.78, 5) is 15.6. The van der Waals surface area contributed by atoms with Gasteiger partial charge >= 0.3 is 0 Å². The molecule has 0 radical (unpaired) electrons. The van der Waals surface area contributed by atoms with Gasteiger partial charge in [0, 0.05) is 18.0 Å². The van der Waals surface area contributed by atoms with E-state index in [1.807, 2.05) is 12.1 Å². The van der Waals surface area contributed by atoms with Crippen LogP contribution in [0.15, 0.2) is 53.9 Å². The predicted octanol–water partition coefficient (Wildman–Crippen LogP) is 2.01. The highest BCUT2D eigenvalue weighted by molar-refractivity contribution is 5.99. The third-order valence-corrected chi connectivity index (χ3v) is 2.88. The first-order chi connectivity index (χ1) is 10.7. The molecule has 6 nitrogen and oxygen atoms in total. The van der Waals surface area contributed by atoms with E-state index in [0.717, 1.165) is 11.3 Å². The number of benzene rings is 1. The molecule has 0 saturated heterocycles. The topological polar surface area (TPSA) is 72.8 Å². The molecule has 0 fully saturated rings. The lowest BCUT2D eigenvalue weighted by molar-refractivity contribution is -0.123. The van der Waals surface area contributed by atoms with Gasteiger partial charge in [-0.25, -0.2) is 5.43 Å². The van der Waals surface area contributed by atoms with Gasteiger partial charge in [-0.15, -0.1) is 0 Å². The third-order valence-electron chi connectivity index (χ3n) is 2.88. The van der Waals surface area contributed by atoms with E-state index in [1.165, 1.54) is 0 Å². The van der Waals surface area contributed by atoms with Crippen molar-refractivity contribution in [3.8, 4) is 11.5 Å². The lowest BCUT2D eigenvalue weighted by Crippen LogP contribution is -2.25. The highest BCUT2D eigenvalue weighted by atomic mass is 16.5. The zero-order valence-electron chi connectivity index (χ0n) is 12.4. The molecule has 2 rings (SSSR count). The largest absolute Gasteiger partial charge is 0.497 e. The number of hydrogen-bond acceptors (Lipinski definition) is 5. The fraction of sp³-hybridized carbons (Fsp3) is 0.188. The normalized spacial score (nSPS) is 10.9. The van der Waals surface area contributed by atoms with Crippen LogP contribution in [0.3, 0.4) is 0 Å². The summed E-state index contributed by atoms with van der Waals surface area (Å²) in [5, 5.41) is 4.02. The van der Waals surface area contributed by atoms with E-state index in [4.69, 9.17) is 9.47 Å². The molecule has 1 heterocycles. The number of rotatable bonds is 6. The van der Waals surface area contributed by atoms with Crippen LogP contribution in [0, 0.1) is 0 Å². The van der Waals surface area contributed by atoms with Crippen LogP contribution in [0.5, 0.6) is 11.5 Å². The summed E-state index contributed by atoms with van der Waals surface area (Å²) in [6.45, 7) is 1.69. The number of ether oxygens (including phenoxy) is 2. The van der Waals surface area contributed by atoms with Crippen LogP contribution < -0.4 is 14.9 Å². The number of carbonyl (C=O) groups is 1. The summed E-state index contributed by atoms with van der Waals surface area (Å²) in [6.07, 6.45) is 3.34. The zero-order chi connectivity index (χ0) is 15.8. The number of hydrogen-bond donors (Lipinski definition) is 1. The molecule has 0 saturated carbocycles. The molecule has 1 amide bonds. The first kappa shape index (κ1) is 15.5. The number of pyridine rings is 1. The Morgan fingerprint density at radius 3 is 2.41 bits per heavy atom. The van der Waals surface area contributed by atoms with Crippen molar-refractivity contribution in [1.82, 2.24) is 10.4 Å². The average molecular weight is 299 g/mol. The van der Waals surface area contributed by atoms with Gasteiger partial charge in [0.15, 0.2) is 6.61 Å². The minimum atomic E-state index is -0.329. The van der Waals surface area contributed by atoms with Crippen LogP contribution in [0.2, 0.25) is 0 Å². The molecule has 22 heavy (non-hydrogen) atoms. The molecule has 1 aromatic carbocycles. The Bertz CT molecular complexity index is 639. The van der Waals surface area contributed by atoms with Gasteiger partial charge in [-0.2, -0.15) is 5.10 Å². The zero-order valence-corrected chi connectivity index (χ0v) is 12.4. The standard InChI is InChI=1S/C16H17N3O3/c1-12(13-7-9-17-10-8-13)18-19-16(20)11-22-15-5-3-14(21-2)4-6-15/h3-10H,11H2,1-2H3,(H,19,20). The van der Waals surface area contributed by atoms with Gasteiger partial charge < -0.3 is 9.47 Å². The van der Waals surface area contributed by atoms with Gasteiger partial charge in [0.1, 0.15) is 11.5 Å². The second kappa shape index (κ2) is 7.78. The van der Waals surface area contributed by atoms with E-state index in [0.29, 0.717) is 11.5 Å². The molecular formula is C16H17N3O3. The van der Waals surface area contributed by atoms with Crippen molar-refractivity contribution in [3.05, 3.63) is 54.4 Å². The molecule has 2 aromatic rings. The lowest BCUT2D eigenvalue weighted by atomic mass is 10.2. The van der Waals surface area contributed by atoms with E-state index in [1.54, 1.807) is 50.7 Å². The highest BCUT2D eigenvalue weighted by Gasteiger charge is 2.03. The second-order valence-electron chi connectivity index (χ2n) is 4.43. The Kier molecular flexibility index (Phi) is 5.48. The first-order valence-corrected chi connectivity index (χ1v) is 6.69. The van der Waals surface area contributed by atoms with E-state index in [2.05, 4.69) is 15.5 Å². The van der Waals surface area contributed by atoms with Crippen LogP contribution in [0.25, 0.3) is 0 Å². The summed E-state index contributed by atoms with van der Waals surface area (Å²) in [5.41, 5.74) is 4.04. The van der Waals surface area contributed by atoms with Crippen molar-refractivity contribution < 1.29 is 14.3 Å². The Morgan fingerprint density at radius 2 is 1.77 bits per heavy atom. The lowest BCUT2D eigenvalue weighted by Gasteiger charge is -2.06. The average Bonchev–Trinajstić information content (AvgIpc) is 2.59. The Balaban J connectivity index is 1.82. The van der Waals surface area contributed by atoms with Crippen molar-refractivity contribution in [2.75, 3.05) is 13.7 Å². The maximum Gasteiger partial charge on any atom is 0.277 e. The summed E-state index contributed by atoms with van der Waals surface area (Å²) < 4.78 is 10.4. The third kappa shape index (κ3) is 4.59. The smallest absolute Gasteiger partial charge is 0.277 e. The monoisotopic (exact) mass is 299 g/mol. The summed E-state index contributed by atoms with van der Waals surface area (Å²) in [6, 6.07) is 10.6. The molecule has 0 unspecified atom stereocenters. The fourth-order valence-electron chi connectivity index (χ4n) is 1.66. The molecule has 1 N–H and O–H groups in total. The number of carbonyl (C=O) groups excluding carboxylic acids is 1. The van der Waals surface area contributed by atoms with Crippen LogP contribution in [0.4, 0.5) is 0 Å². The second-order valence-corrected chi connectivity index (χ2v) is 4.43. The number of aromatic nitrogens is 1. The van der Waals surface area contributed by atoms with Gasteiger partial charge in [0.2, 0.25) is 0 Å². The molecule has 0 bridgehead atoms. The fourth-order valence-corrected chi connectivity index (χ4v) is 1.66. The first-order valence-electron chi connectivity index (χ1n) is 6.69. The maximum absolute atomic E-state index is 11.7. The molecule has 0 aliphatic carbocycles. The molecule has 0 atom stereocenters. The van der Waals surface area contributed by atoms with E-state index >= 15 is 0 Å². The van der Waals surface area contributed by atoms with E-state index < -0.39 is 0 Å². The van der Waals surface area contributed by atoms with Gasteiger partial charge in [0.05, 0.1) is 12.8 Å². The number of hydrazone groups is 1. The summed E-state index contributed by atoms with van der Waals surface area (Å²) in [7, 11) is 1.59. The van der Waals surface area contributed by atoms with Crippen molar-refractivity contribution in [2.45, 2.75) is 6.92 Å². The number of nitrogens with zero attached hydrogens (tertiary/aromatic N) is 2. The maximum atomic E-state index is 11.7. The molecule has 114 valence electrons. The van der Waals surface area contributed by atoms with Crippen molar-refractivity contribution in [2.24, 2.45) is 5.10 Å². The number of methoxy groups -OCH3 is 1. The van der Waals surface area contributed by atoms with Gasteiger partial charge in [-0.05, 0) is 43.3 Å². The van der Waals surface area contributed by atoms with Gasteiger partial charge in [0.25, 0.3) is 5.91 Å². The van der Waals surface area contributed by atoms with Crippen LogP contribution in [-0.2, 0) is 4.79 Å². The van der Waals surface area contributed by atoms with Crippen molar-refractivity contribution in [1.29, 1.82) is 0 Å². The van der Waals surface area contributed by atoms with Crippen molar-refractivity contribution >= 4 is 11.6 Å². The highest BCUT2D eigenvalue weighted by Crippen LogP contribution is 2.16. The van der Waals surface area contributed by atoms with Crippen LogP contribution >= 0.6 is 0 Å². The molecule has 0 spiro atoms. The molecule has 0 aliphatic rings.